The number of amides is 1. The summed E-state index contributed by atoms with van der Waals surface area (Å²) in [6, 6.07) is 11.3. The van der Waals surface area contributed by atoms with Crippen LogP contribution in [0.5, 0.6) is 0 Å². The summed E-state index contributed by atoms with van der Waals surface area (Å²) in [5.74, 6) is 0.252. The molecule has 2 aromatic heterocycles. The fraction of sp³-hybridized carbons (Fsp3) is 0.133. The van der Waals surface area contributed by atoms with Crippen LogP contribution in [0.2, 0.25) is 0 Å². The molecule has 1 N–H and O–H groups in total. The van der Waals surface area contributed by atoms with E-state index in [0.717, 1.165) is 5.69 Å². The maximum atomic E-state index is 12.2. The van der Waals surface area contributed by atoms with Crippen molar-refractivity contribution in [2.75, 3.05) is 11.1 Å². The molecule has 1 aromatic carbocycles. The van der Waals surface area contributed by atoms with E-state index in [0.29, 0.717) is 16.5 Å². The number of benzene rings is 1. The van der Waals surface area contributed by atoms with Crippen LogP contribution in [0.25, 0.3) is 5.69 Å². The van der Waals surface area contributed by atoms with Crippen LogP contribution in [0.1, 0.15) is 5.56 Å². The number of hydrogen-bond donors (Lipinski definition) is 1. The molecule has 0 aliphatic carbocycles. The fourth-order valence-electron chi connectivity index (χ4n) is 2.02. The number of anilines is 1. The number of carbonyl (C=O) groups excluding carboxylic acids is 1. The Morgan fingerprint density at radius 2 is 2.17 bits per heavy atom. The van der Waals surface area contributed by atoms with Gasteiger partial charge in [0.05, 0.1) is 17.6 Å². The summed E-state index contributed by atoms with van der Waals surface area (Å²) in [6.07, 6.45) is 3.00. The molecule has 3 aromatic rings. The Kier molecular flexibility index (Phi) is 4.58. The predicted octanol–water partition coefficient (Wildman–Crippen LogP) is 1.60. The normalized spacial score (nSPS) is 10.3. The molecule has 0 atom stereocenters. The van der Waals surface area contributed by atoms with Gasteiger partial charge in [-0.25, -0.2) is 4.68 Å². The van der Waals surface area contributed by atoms with Crippen LogP contribution in [-0.4, -0.2) is 36.2 Å². The van der Waals surface area contributed by atoms with Crippen molar-refractivity contribution in [3.63, 3.8) is 0 Å². The van der Waals surface area contributed by atoms with E-state index in [2.05, 4.69) is 20.6 Å². The number of hydrogen-bond acceptors (Lipinski definition) is 6. The van der Waals surface area contributed by atoms with Crippen molar-refractivity contribution in [1.82, 2.24) is 24.5 Å². The number of nitrogens with zero attached hydrogens (tertiary/aromatic N) is 6. The second kappa shape index (κ2) is 6.97. The lowest BCUT2D eigenvalue weighted by Crippen LogP contribution is -2.18. The molecule has 0 radical (unpaired) electrons. The lowest BCUT2D eigenvalue weighted by Gasteiger charge is -2.09. The van der Waals surface area contributed by atoms with Gasteiger partial charge in [-0.1, -0.05) is 30.0 Å². The van der Waals surface area contributed by atoms with Gasteiger partial charge >= 0.3 is 0 Å². The van der Waals surface area contributed by atoms with Gasteiger partial charge in [-0.05, 0) is 12.1 Å². The summed E-state index contributed by atoms with van der Waals surface area (Å²) in [5.41, 5.74) is 1.06. The Labute approximate surface area is 142 Å². The molecule has 0 fully saturated rings. The van der Waals surface area contributed by atoms with E-state index in [1.807, 2.05) is 36.4 Å². The first-order valence-corrected chi connectivity index (χ1v) is 7.98. The van der Waals surface area contributed by atoms with Gasteiger partial charge in [-0.3, -0.25) is 4.79 Å². The zero-order valence-corrected chi connectivity index (χ0v) is 13.6. The van der Waals surface area contributed by atoms with Crippen LogP contribution in [-0.2, 0) is 11.8 Å². The van der Waals surface area contributed by atoms with Crippen molar-refractivity contribution >= 4 is 23.5 Å². The van der Waals surface area contributed by atoms with Crippen LogP contribution >= 0.6 is 11.8 Å². The lowest BCUT2D eigenvalue weighted by molar-refractivity contribution is -0.113. The van der Waals surface area contributed by atoms with E-state index < -0.39 is 0 Å². The van der Waals surface area contributed by atoms with E-state index in [1.54, 1.807) is 17.9 Å². The highest BCUT2D eigenvalue weighted by Crippen LogP contribution is 2.20. The predicted molar refractivity (Wildman–Crippen MR) is 88.6 cm³/mol. The quantitative estimate of drug-likeness (QED) is 0.709. The summed E-state index contributed by atoms with van der Waals surface area (Å²) < 4.78 is 3.26. The Morgan fingerprint density at radius 1 is 1.38 bits per heavy atom. The topological polar surface area (TPSA) is 101 Å². The van der Waals surface area contributed by atoms with Gasteiger partial charge in [0.15, 0.2) is 11.0 Å². The minimum atomic E-state index is -0.253. The number of rotatable bonds is 5. The molecule has 0 spiro atoms. The third kappa shape index (κ3) is 3.28. The molecule has 24 heavy (non-hydrogen) atoms. The number of aryl methyl sites for hydroxylation is 1. The Balaban J connectivity index is 1.77. The van der Waals surface area contributed by atoms with E-state index in [4.69, 9.17) is 0 Å². The van der Waals surface area contributed by atoms with Crippen LogP contribution in [0.3, 0.4) is 0 Å². The number of nitrogens with one attached hydrogen (secondary N) is 1. The third-order valence-corrected chi connectivity index (χ3v) is 4.18. The van der Waals surface area contributed by atoms with Gasteiger partial charge in [0.1, 0.15) is 18.0 Å². The highest BCUT2D eigenvalue weighted by molar-refractivity contribution is 7.99. The van der Waals surface area contributed by atoms with Gasteiger partial charge in [0, 0.05) is 7.05 Å². The highest BCUT2D eigenvalue weighted by Gasteiger charge is 2.15. The van der Waals surface area contributed by atoms with Gasteiger partial charge in [-0.15, -0.1) is 10.2 Å². The van der Waals surface area contributed by atoms with Crippen molar-refractivity contribution < 1.29 is 4.79 Å². The Morgan fingerprint density at radius 3 is 2.83 bits per heavy atom. The number of para-hydroxylation sites is 1. The summed E-state index contributed by atoms with van der Waals surface area (Å²) in [7, 11) is 1.80. The summed E-state index contributed by atoms with van der Waals surface area (Å²) in [5, 5.41) is 24.5. The van der Waals surface area contributed by atoms with Crippen molar-refractivity contribution in [3.05, 3.63) is 48.4 Å². The van der Waals surface area contributed by atoms with Gasteiger partial charge in [0.25, 0.3) is 0 Å². The van der Waals surface area contributed by atoms with E-state index in [9.17, 15) is 10.1 Å². The molecule has 0 aliphatic rings. The first-order valence-electron chi connectivity index (χ1n) is 6.99. The van der Waals surface area contributed by atoms with Crippen LogP contribution in [0.15, 0.2) is 48.0 Å². The molecule has 0 saturated heterocycles. The van der Waals surface area contributed by atoms with Gasteiger partial charge < -0.3 is 9.88 Å². The van der Waals surface area contributed by atoms with Gasteiger partial charge in [0.2, 0.25) is 5.91 Å². The van der Waals surface area contributed by atoms with Crippen LogP contribution in [0.4, 0.5) is 5.82 Å². The molecule has 1 amide bonds. The number of carbonyl (C=O) groups is 1. The molecular weight excluding hydrogens is 326 g/mol. The SMILES string of the molecule is Cn1cnnc1SCC(=O)Nc1c(C#N)cnn1-c1ccccc1. The van der Waals surface area contributed by atoms with E-state index >= 15 is 0 Å². The first-order chi connectivity index (χ1) is 11.7. The average Bonchev–Trinajstić information content (AvgIpc) is 3.19. The minimum absolute atomic E-state index is 0.150. The number of aromatic nitrogens is 5. The smallest absolute Gasteiger partial charge is 0.236 e. The van der Waals surface area contributed by atoms with E-state index in [1.165, 1.54) is 22.6 Å². The first kappa shape index (κ1) is 15.8. The fourth-order valence-corrected chi connectivity index (χ4v) is 2.71. The molecule has 0 aliphatic heterocycles. The van der Waals surface area contributed by atoms with Crippen molar-refractivity contribution in [2.24, 2.45) is 7.05 Å². The summed E-state index contributed by atoms with van der Waals surface area (Å²) in [6.45, 7) is 0. The molecule has 3 rings (SSSR count). The van der Waals surface area contributed by atoms with Gasteiger partial charge in [-0.2, -0.15) is 10.4 Å². The van der Waals surface area contributed by atoms with Crippen molar-refractivity contribution in [1.29, 1.82) is 5.26 Å². The average molecular weight is 339 g/mol. The molecular formula is C15H13N7OS. The largest absolute Gasteiger partial charge is 0.312 e. The molecule has 8 nitrogen and oxygen atoms in total. The maximum Gasteiger partial charge on any atom is 0.236 e. The minimum Gasteiger partial charge on any atom is -0.312 e. The summed E-state index contributed by atoms with van der Waals surface area (Å²) in [4.78, 5) is 12.2. The molecule has 120 valence electrons. The van der Waals surface area contributed by atoms with E-state index in [-0.39, 0.29) is 11.7 Å². The molecule has 2 heterocycles. The monoisotopic (exact) mass is 339 g/mol. The van der Waals surface area contributed by atoms with Crippen molar-refractivity contribution in [2.45, 2.75) is 5.16 Å². The maximum absolute atomic E-state index is 12.2. The zero-order chi connectivity index (χ0) is 16.9. The number of thioether (sulfide) groups is 1. The molecule has 0 bridgehead atoms. The standard InChI is InChI=1S/C15H13N7OS/c1-21-10-17-20-15(21)24-9-13(23)19-14-11(7-16)8-18-22(14)12-5-3-2-4-6-12/h2-6,8,10H,9H2,1H3,(H,19,23). The molecule has 0 unspecified atom stereocenters. The Hall–Kier alpha value is -3.12. The second-order valence-electron chi connectivity index (χ2n) is 4.83. The Bertz CT molecular complexity index is 894. The third-order valence-electron chi connectivity index (χ3n) is 3.15. The highest BCUT2D eigenvalue weighted by atomic mass is 32.2. The second-order valence-corrected chi connectivity index (χ2v) is 5.77. The number of nitriles is 1. The van der Waals surface area contributed by atoms with Crippen molar-refractivity contribution in [3.8, 4) is 11.8 Å². The molecule has 0 saturated carbocycles. The lowest BCUT2D eigenvalue weighted by atomic mass is 10.3. The van der Waals surface area contributed by atoms with Crippen LogP contribution in [0, 0.1) is 11.3 Å². The molecule has 9 heteroatoms. The zero-order valence-electron chi connectivity index (χ0n) is 12.7. The summed E-state index contributed by atoms with van der Waals surface area (Å²) >= 11 is 1.26. The van der Waals surface area contributed by atoms with Crippen LogP contribution < -0.4 is 5.32 Å².